The Labute approximate surface area is 600 Å². The average Bonchev–Trinajstić information content (AvgIpc) is 0.977. The van der Waals surface area contributed by atoms with Gasteiger partial charge in [-0.15, -0.1) is 0 Å². The molecule has 0 aromatic rings. The molecule has 3 unspecified atom stereocenters. The Balaban J connectivity index is 5.26. The van der Waals surface area contributed by atoms with Crippen molar-refractivity contribution in [2.75, 3.05) is 39.6 Å². The van der Waals surface area contributed by atoms with E-state index in [0.717, 1.165) is 108 Å². The van der Waals surface area contributed by atoms with Gasteiger partial charge in [0, 0.05) is 25.7 Å². The predicted molar refractivity (Wildman–Crippen MR) is 400 cm³/mol. The van der Waals surface area contributed by atoms with Gasteiger partial charge in [-0.2, -0.15) is 0 Å². The van der Waals surface area contributed by atoms with E-state index in [-0.39, 0.29) is 25.7 Å². The van der Waals surface area contributed by atoms with Gasteiger partial charge < -0.3 is 33.8 Å². The van der Waals surface area contributed by atoms with Crippen LogP contribution in [0.5, 0.6) is 0 Å². The summed E-state index contributed by atoms with van der Waals surface area (Å²) in [6, 6.07) is 0. The van der Waals surface area contributed by atoms with Crippen LogP contribution >= 0.6 is 15.6 Å². The highest BCUT2D eigenvalue weighted by atomic mass is 31.2. The van der Waals surface area contributed by atoms with Gasteiger partial charge in [-0.3, -0.25) is 37.3 Å². The molecule has 0 rings (SSSR count). The van der Waals surface area contributed by atoms with Crippen molar-refractivity contribution < 1.29 is 80.2 Å². The zero-order valence-corrected chi connectivity index (χ0v) is 66.0. The van der Waals surface area contributed by atoms with Crippen molar-refractivity contribution in [2.45, 2.75) is 426 Å². The largest absolute Gasteiger partial charge is 0.472 e. The topological polar surface area (TPSA) is 237 Å². The summed E-state index contributed by atoms with van der Waals surface area (Å²) in [7, 11) is -9.92. The number of carbonyl (C=O) groups excluding carboxylic acids is 4. The van der Waals surface area contributed by atoms with E-state index in [0.29, 0.717) is 25.7 Å². The van der Waals surface area contributed by atoms with Gasteiger partial charge in [0.2, 0.25) is 0 Å². The van der Waals surface area contributed by atoms with Gasteiger partial charge in [-0.05, 0) is 43.4 Å². The number of esters is 4. The van der Waals surface area contributed by atoms with Gasteiger partial charge in [0.15, 0.2) is 12.2 Å². The van der Waals surface area contributed by atoms with Crippen LogP contribution in [0.1, 0.15) is 408 Å². The van der Waals surface area contributed by atoms with Crippen LogP contribution in [0.4, 0.5) is 0 Å². The SMILES string of the molecule is CCCCCCCCCCCCCCCC(=O)O[C@H](COC(=O)CCCCCCCCCCCC(C)C)COP(=O)(O)OC[C@H](O)COP(=O)(O)OC[C@@H](COC(=O)CCCCCCCCCCCCC(C)CC)OC(=O)CCCCCCCCCCCCCCCCCCC(C)C. The smallest absolute Gasteiger partial charge is 0.462 e. The van der Waals surface area contributed by atoms with E-state index in [2.05, 4.69) is 48.5 Å². The second-order valence-electron chi connectivity index (χ2n) is 29.6. The van der Waals surface area contributed by atoms with Gasteiger partial charge in [-0.1, -0.05) is 357 Å². The number of unbranched alkanes of at least 4 members (excludes halogenated alkanes) is 44. The van der Waals surface area contributed by atoms with E-state index in [1.165, 1.54) is 218 Å². The summed E-state index contributed by atoms with van der Waals surface area (Å²) in [5.74, 6) is 0.251. The zero-order chi connectivity index (χ0) is 72.3. The molecule has 0 aliphatic rings. The second-order valence-corrected chi connectivity index (χ2v) is 32.6. The van der Waals surface area contributed by atoms with E-state index in [4.69, 9.17) is 37.0 Å². The first-order chi connectivity index (χ1) is 47.3. The lowest BCUT2D eigenvalue weighted by molar-refractivity contribution is -0.161. The first-order valence-corrected chi connectivity index (χ1v) is 43.9. The lowest BCUT2D eigenvalue weighted by Gasteiger charge is -2.21. The van der Waals surface area contributed by atoms with Crippen LogP contribution in [0.25, 0.3) is 0 Å². The van der Waals surface area contributed by atoms with Crippen molar-refractivity contribution in [3.05, 3.63) is 0 Å². The zero-order valence-electron chi connectivity index (χ0n) is 64.3. The molecule has 0 saturated heterocycles. The lowest BCUT2D eigenvalue weighted by atomic mass is 9.99. The lowest BCUT2D eigenvalue weighted by Crippen LogP contribution is -2.30. The molecule has 0 heterocycles. The Morgan fingerprint density at radius 3 is 0.776 bits per heavy atom. The highest BCUT2D eigenvalue weighted by Crippen LogP contribution is 2.45. The van der Waals surface area contributed by atoms with Gasteiger partial charge in [0.1, 0.15) is 19.3 Å². The normalized spacial score (nSPS) is 14.3. The van der Waals surface area contributed by atoms with Crippen LogP contribution in [-0.2, 0) is 65.4 Å². The summed E-state index contributed by atoms with van der Waals surface area (Å²) >= 11 is 0. The minimum absolute atomic E-state index is 0.107. The van der Waals surface area contributed by atoms with E-state index in [1.807, 2.05) is 0 Å². The molecule has 0 spiro atoms. The predicted octanol–water partition coefficient (Wildman–Crippen LogP) is 23.4. The molecule has 0 aromatic heterocycles. The monoisotopic (exact) mass is 1440 g/mol. The van der Waals surface area contributed by atoms with E-state index < -0.39 is 97.5 Å². The maximum absolute atomic E-state index is 13.1. The molecule has 6 atom stereocenters. The molecule has 582 valence electrons. The molecule has 0 aromatic carbocycles. The van der Waals surface area contributed by atoms with E-state index in [9.17, 15) is 43.2 Å². The minimum atomic E-state index is -4.96. The highest BCUT2D eigenvalue weighted by molar-refractivity contribution is 7.47. The first-order valence-electron chi connectivity index (χ1n) is 40.9. The van der Waals surface area contributed by atoms with Crippen LogP contribution in [-0.4, -0.2) is 96.7 Å². The third-order valence-corrected chi connectivity index (χ3v) is 20.6. The first kappa shape index (κ1) is 96.1. The molecule has 0 aliphatic carbocycles. The number of rotatable bonds is 77. The molecule has 17 nitrogen and oxygen atoms in total. The fraction of sp³-hybridized carbons (Fsp3) is 0.949. The summed E-state index contributed by atoms with van der Waals surface area (Å²) < 4.78 is 68.7. The third kappa shape index (κ3) is 71.1. The van der Waals surface area contributed by atoms with Crippen LogP contribution in [0.3, 0.4) is 0 Å². The van der Waals surface area contributed by atoms with Crippen molar-refractivity contribution in [3.63, 3.8) is 0 Å². The number of aliphatic hydroxyl groups excluding tert-OH is 1. The Morgan fingerprint density at radius 2 is 0.520 bits per heavy atom. The quantitative estimate of drug-likeness (QED) is 0.0222. The van der Waals surface area contributed by atoms with Crippen LogP contribution in [0.2, 0.25) is 0 Å². The third-order valence-electron chi connectivity index (χ3n) is 18.7. The molecule has 98 heavy (non-hydrogen) atoms. The van der Waals surface area contributed by atoms with Crippen molar-refractivity contribution in [3.8, 4) is 0 Å². The molecule has 3 N–H and O–H groups in total. The molecule has 0 radical (unpaired) electrons. The molecule has 0 fully saturated rings. The molecular weight excluding hydrogens is 1280 g/mol. The van der Waals surface area contributed by atoms with Gasteiger partial charge in [0.05, 0.1) is 26.4 Å². The number of hydrogen-bond donors (Lipinski definition) is 3. The van der Waals surface area contributed by atoms with E-state index in [1.54, 1.807) is 0 Å². The number of aliphatic hydroxyl groups is 1. The Bertz CT molecular complexity index is 1910. The Kier molecular flexibility index (Phi) is 68.1. The fourth-order valence-corrected chi connectivity index (χ4v) is 13.7. The molecule has 0 saturated carbocycles. The Morgan fingerprint density at radius 1 is 0.296 bits per heavy atom. The summed E-state index contributed by atoms with van der Waals surface area (Å²) in [6.45, 7) is 12.0. The number of phosphoric ester groups is 2. The summed E-state index contributed by atoms with van der Waals surface area (Å²) in [5.41, 5.74) is 0. The minimum Gasteiger partial charge on any atom is -0.462 e. The average molecular weight is 1440 g/mol. The summed E-state index contributed by atoms with van der Waals surface area (Å²) in [5, 5.41) is 10.6. The van der Waals surface area contributed by atoms with Gasteiger partial charge in [-0.25, -0.2) is 9.13 Å². The molecular formula is C79H154O17P2. The highest BCUT2D eigenvalue weighted by Gasteiger charge is 2.30. The molecule has 0 aliphatic heterocycles. The number of carbonyl (C=O) groups is 4. The summed E-state index contributed by atoms with van der Waals surface area (Å²) in [4.78, 5) is 73.0. The van der Waals surface area contributed by atoms with Gasteiger partial charge >= 0.3 is 39.5 Å². The molecule has 0 amide bonds. The fourth-order valence-electron chi connectivity index (χ4n) is 12.1. The van der Waals surface area contributed by atoms with Crippen LogP contribution in [0.15, 0.2) is 0 Å². The van der Waals surface area contributed by atoms with Crippen LogP contribution in [0, 0.1) is 17.8 Å². The van der Waals surface area contributed by atoms with Crippen molar-refractivity contribution in [1.82, 2.24) is 0 Å². The Hall–Kier alpha value is -1.94. The van der Waals surface area contributed by atoms with Crippen molar-refractivity contribution >= 4 is 39.5 Å². The van der Waals surface area contributed by atoms with Crippen molar-refractivity contribution in [1.29, 1.82) is 0 Å². The standard InChI is InChI=1S/C79H154O17P2/c1-8-10-11-12-13-14-15-20-24-33-41-48-55-62-78(83)96-75(67-90-77(82)61-54-47-40-35-28-30-37-44-51-58-71(5)6)69-94-98(87,88)92-65-73(80)64-91-97(85,86)93-68-74(66-89-76(81)60-53-46-39-32-27-26-31-38-45-52-59-72(7)9-2)95-79(84)63-56-49-42-34-25-22-19-17-16-18-21-23-29-36-43-50-57-70(3)4/h70-75,80H,8-69H2,1-7H3,(H,85,86)(H,87,88)/t72?,73-,74-,75-/m1/s1. The maximum Gasteiger partial charge on any atom is 0.472 e. The molecule has 19 heteroatoms. The number of ether oxygens (including phenoxy) is 4. The number of phosphoric acid groups is 2. The second kappa shape index (κ2) is 69.4. The van der Waals surface area contributed by atoms with Crippen LogP contribution < -0.4 is 0 Å². The molecule has 0 bridgehead atoms. The van der Waals surface area contributed by atoms with E-state index >= 15 is 0 Å². The summed E-state index contributed by atoms with van der Waals surface area (Å²) in [6.07, 6.45) is 56.7. The van der Waals surface area contributed by atoms with Crippen molar-refractivity contribution in [2.24, 2.45) is 17.8 Å². The number of hydrogen-bond acceptors (Lipinski definition) is 15. The maximum atomic E-state index is 13.1. The van der Waals surface area contributed by atoms with Gasteiger partial charge in [0.25, 0.3) is 0 Å².